The van der Waals surface area contributed by atoms with E-state index in [4.69, 9.17) is 27.3 Å². The number of halogens is 1. The molecular formula is C27H34ClN7O. The number of anilines is 1. The molecule has 0 spiro atoms. The van der Waals surface area contributed by atoms with Gasteiger partial charge in [0, 0.05) is 61.1 Å². The van der Waals surface area contributed by atoms with Crippen LogP contribution in [0, 0.1) is 6.92 Å². The van der Waals surface area contributed by atoms with Gasteiger partial charge < -0.3 is 21.3 Å². The van der Waals surface area contributed by atoms with Gasteiger partial charge in [-0.2, -0.15) is 0 Å². The van der Waals surface area contributed by atoms with E-state index < -0.39 is 0 Å². The molecule has 0 atom stereocenters. The largest absolute Gasteiger partial charge is 0.404 e. The fourth-order valence-corrected chi connectivity index (χ4v) is 4.05. The Bertz CT molecular complexity index is 1300. The second kappa shape index (κ2) is 12.5. The molecule has 1 amide bonds. The fraction of sp³-hybridized carbons (Fsp3) is 0.333. The number of rotatable bonds is 10. The van der Waals surface area contributed by atoms with E-state index in [9.17, 15) is 4.79 Å². The number of aryl methyl sites for hydroxylation is 1. The zero-order valence-electron chi connectivity index (χ0n) is 21.5. The molecule has 8 nitrogen and oxygen atoms in total. The average Bonchev–Trinajstić information content (AvgIpc) is 2.87. The molecule has 1 aromatic carbocycles. The highest BCUT2D eigenvalue weighted by Crippen LogP contribution is 2.28. The summed E-state index contributed by atoms with van der Waals surface area (Å²) < 4.78 is 0. The van der Waals surface area contributed by atoms with Crippen LogP contribution in [0.4, 0.5) is 5.69 Å². The van der Waals surface area contributed by atoms with Crippen LogP contribution in [0.15, 0.2) is 53.2 Å². The number of nitrogens with one attached hydrogen (secondary N) is 2. The molecule has 0 aliphatic carbocycles. The minimum absolute atomic E-state index is 0.170. The lowest BCUT2D eigenvalue weighted by Gasteiger charge is -2.20. The average molecular weight is 508 g/mol. The Labute approximate surface area is 217 Å². The number of pyridine rings is 2. The van der Waals surface area contributed by atoms with Gasteiger partial charge in [-0.05, 0) is 64.2 Å². The Morgan fingerprint density at radius 1 is 1.17 bits per heavy atom. The van der Waals surface area contributed by atoms with Gasteiger partial charge in [0.2, 0.25) is 0 Å². The molecule has 0 fully saturated rings. The molecule has 3 rings (SSSR count). The number of aliphatic imine (C=N–C) groups is 1. The molecule has 2 aromatic heterocycles. The van der Waals surface area contributed by atoms with E-state index in [1.165, 1.54) is 6.20 Å². The van der Waals surface area contributed by atoms with Crippen molar-refractivity contribution in [1.82, 2.24) is 20.2 Å². The predicted molar refractivity (Wildman–Crippen MR) is 150 cm³/mol. The Morgan fingerprint density at radius 3 is 2.61 bits per heavy atom. The number of nitrogens with zero attached hydrogens (tertiary/aromatic N) is 4. The number of carbonyl (C=O) groups excluding carboxylic acids is 1. The van der Waals surface area contributed by atoms with Crippen molar-refractivity contribution in [3.8, 4) is 11.4 Å². The second-order valence-corrected chi connectivity index (χ2v) is 8.93. The molecule has 0 aliphatic heterocycles. The first-order valence-corrected chi connectivity index (χ1v) is 12.3. The van der Waals surface area contributed by atoms with Gasteiger partial charge in [0.15, 0.2) is 0 Å². The molecule has 3 aromatic rings. The standard InChI is InChI=1S/C27H34ClN7O/c1-6-31-17(2)19(15-29)16-35(5)27(36)22-14-26(34-24-8-7-20(28)13-21(22)24)25-10-9-23(18(3)33-25)32-12-11-30-4/h7-10,13-15,30,32H,6,11-12,16,29H2,1-5H3/b19-15-,31-17?. The molecule has 0 radical (unpaired) electrons. The van der Waals surface area contributed by atoms with Gasteiger partial charge in [-0.1, -0.05) is 11.6 Å². The third-order valence-electron chi connectivity index (χ3n) is 5.86. The van der Waals surface area contributed by atoms with Gasteiger partial charge in [0.1, 0.15) is 0 Å². The van der Waals surface area contributed by atoms with Crippen LogP contribution in [0.25, 0.3) is 22.3 Å². The summed E-state index contributed by atoms with van der Waals surface area (Å²) in [6.45, 7) is 8.42. The Morgan fingerprint density at radius 2 is 1.94 bits per heavy atom. The van der Waals surface area contributed by atoms with Crippen molar-refractivity contribution in [3.05, 3.63) is 64.5 Å². The number of likely N-dealkylation sites (N-methyl/N-ethyl adjacent to an activating group) is 2. The number of fused-ring (bicyclic) bond motifs is 1. The predicted octanol–water partition coefficient (Wildman–Crippen LogP) is 4.29. The molecule has 4 N–H and O–H groups in total. The smallest absolute Gasteiger partial charge is 0.254 e. The highest BCUT2D eigenvalue weighted by Gasteiger charge is 2.20. The van der Waals surface area contributed by atoms with Crippen molar-refractivity contribution in [1.29, 1.82) is 0 Å². The maximum Gasteiger partial charge on any atom is 0.254 e. The molecule has 9 heteroatoms. The van der Waals surface area contributed by atoms with Crippen LogP contribution < -0.4 is 16.4 Å². The number of benzene rings is 1. The third-order valence-corrected chi connectivity index (χ3v) is 6.09. The van der Waals surface area contributed by atoms with Crippen molar-refractivity contribution in [2.75, 3.05) is 45.6 Å². The van der Waals surface area contributed by atoms with Gasteiger partial charge in [-0.3, -0.25) is 9.79 Å². The molecule has 0 saturated carbocycles. The van der Waals surface area contributed by atoms with E-state index in [2.05, 4.69) is 15.6 Å². The Balaban J connectivity index is 2.02. The summed E-state index contributed by atoms with van der Waals surface area (Å²) in [7, 11) is 3.66. The summed E-state index contributed by atoms with van der Waals surface area (Å²) in [6.07, 6.45) is 1.50. The number of amides is 1. The van der Waals surface area contributed by atoms with Crippen LogP contribution in [0.1, 0.15) is 29.9 Å². The van der Waals surface area contributed by atoms with E-state index in [1.54, 1.807) is 30.1 Å². The van der Waals surface area contributed by atoms with Crippen LogP contribution in [0.2, 0.25) is 5.02 Å². The zero-order valence-corrected chi connectivity index (χ0v) is 22.3. The molecule has 2 heterocycles. The molecule has 36 heavy (non-hydrogen) atoms. The summed E-state index contributed by atoms with van der Waals surface area (Å²) in [5, 5.41) is 7.70. The molecule has 0 unspecified atom stereocenters. The summed E-state index contributed by atoms with van der Waals surface area (Å²) in [5.41, 5.74) is 11.7. The van der Waals surface area contributed by atoms with E-state index in [-0.39, 0.29) is 5.91 Å². The van der Waals surface area contributed by atoms with Crippen molar-refractivity contribution in [2.45, 2.75) is 20.8 Å². The minimum Gasteiger partial charge on any atom is -0.404 e. The summed E-state index contributed by atoms with van der Waals surface area (Å²) >= 11 is 6.29. The molecule has 0 bridgehead atoms. The maximum absolute atomic E-state index is 13.7. The molecular weight excluding hydrogens is 474 g/mol. The van der Waals surface area contributed by atoms with E-state index in [0.29, 0.717) is 46.0 Å². The summed E-state index contributed by atoms with van der Waals surface area (Å²) in [6, 6.07) is 11.0. The molecule has 190 valence electrons. The fourth-order valence-electron chi connectivity index (χ4n) is 3.88. The van der Waals surface area contributed by atoms with Gasteiger partial charge in [-0.15, -0.1) is 0 Å². The lowest BCUT2D eigenvalue weighted by molar-refractivity contribution is 0.0810. The number of aromatic nitrogens is 2. The lowest BCUT2D eigenvalue weighted by atomic mass is 10.0. The highest BCUT2D eigenvalue weighted by atomic mass is 35.5. The number of hydrogen-bond acceptors (Lipinski definition) is 7. The van der Waals surface area contributed by atoms with Gasteiger partial charge in [-0.25, -0.2) is 9.97 Å². The number of carbonyl (C=O) groups is 1. The maximum atomic E-state index is 13.7. The van der Waals surface area contributed by atoms with Crippen molar-refractivity contribution in [2.24, 2.45) is 10.7 Å². The Hall–Kier alpha value is -3.49. The SMILES string of the molecule is CCN=C(C)/C(=C\N)CN(C)C(=O)c1cc(-c2ccc(NCCNC)c(C)n2)nc2ccc(Cl)cc12. The third kappa shape index (κ3) is 6.38. The Kier molecular flexibility index (Phi) is 9.38. The monoisotopic (exact) mass is 507 g/mol. The van der Waals surface area contributed by atoms with Crippen LogP contribution in [-0.4, -0.2) is 66.8 Å². The first-order chi connectivity index (χ1) is 17.3. The van der Waals surface area contributed by atoms with Crippen LogP contribution >= 0.6 is 11.6 Å². The first-order valence-electron chi connectivity index (χ1n) is 11.9. The normalized spacial score (nSPS) is 12.2. The number of hydrogen-bond donors (Lipinski definition) is 3. The van der Waals surface area contributed by atoms with Crippen LogP contribution in [-0.2, 0) is 0 Å². The summed E-state index contributed by atoms with van der Waals surface area (Å²) in [4.78, 5) is 29.3. The topological polar surface area (TPSA) is 109 Å². The van der Waals surface area contributed by atoms with E-state index in [1.807, 2.05) is 46.0 Å². The van der Waals surface area contributed by atoms with E-state index >= 15 is 0 Å². The summed E-state index contributed by atoms with van der Waals surface area (Å²) in [5.74, 6) is -0.170. The quantitative estimate of drug-likeness (QED) is 0.279. The van der Waals surface area contributed by atoms with Gasteiger partial charge in [0.25, 0.3) is 5.91 Å². The van der Waals surface area contributed by atoms with Crippen molar-refractivity contribution >= 4 is 39.8 Å². The second-order valence-electron chi connectivity index (χ2n) is 8.49. The molecule has 0 aliphatic rings. The first kappa shape index (κ1) is 27.1. The van der Waals surface area contributed by atoms with E-state index in [0.717, 1.165) is 35.8 Å². The lowest BCUT2D eigenvalue weighted by Crippen LogP contribution is -2.31. The van der Waals surface area contributed by atoms with Crippen molar-refractivity contribution < 1.29 is 4.79 Å². The van der Waals surface area contributed by atoms with Crippen molar-refractivity contribution in [3.63, 3.8) is 0 Å². The van der Waals surface area contributed by atoms with Gasteiger partial charge >= 0.3 is 0 Å². The minimum atomic E-state index is -0.170. The van der Waals surface area contributed by atoms with Gasteiger partial charge in [0.05, 0.1) is 33.8 Å². The highest BCUT2D eigenvalue weighted by molar-refractivity contribution is 6.31. The molecule has 0 saturated heterocycles. The number of nitrogens with two attached hydrogens (primary N) is 1. The zero-order chi connectivity index (χ0) is 26.2. The van der Waals surface area contributed by atoms with Crippen LogP contribution in [0.3, 0.4) is 0 Å². The van der Waals surface area contributed by atoms with Crippen LogP contribution in [0.5, 0.6) is 0 Å².